The molecule has 0 atom stereocenters. The van der Waals surface area contributed by atoms with Gasteiger partial charge >= 0.3 is 0 Å². The molecule has 7 heteroatoms. The van der Waals surface area contributed by atoms with E-state index in [1.807, 2.05) is 91.0 Å². The molecule has 8 aromatic carbocycles. The molecule has 1 aliphatic rings. The summed E-state index contributed by atoms with van der Waals surface area (Å²) in [5.41, 5.74) is 9.22. The zero-order chi connectivity index (χ0) is 38.2. The van der Waals surface area contributed by atoms with Crippen LogP contribution >= 0.6 is 0 Å². The molecule has 58 heavy (non-hydrogen) atoms. The Morgan fingerprint density at radius 3 is 1.29 bits per heavy atom. The van der Waals surface area contributed by atoms with Crippen LogP contribution in [0.4, 0.5) is 0 Å². The molecule has 0 N–H and O–H groups in total. The van der Waals surface area contributed by atoms with Crippen molar-refractivity contribution in [3.8, 4) is 68.5 Å². The van der Waals surface area contributed by atoms with E-state index < -0.39 is 0 Å². The summed E-state index contributed by atoms with van der Waals surface area (Å²) in [6, 6.07) is 64.3. The summed E-state index contributed by atoms with van der Waals surface area (Å²) >= 11 is 0. The minimum absolute atomic E-state index is 0.516. The second-order valence-corrected chi connectivity index (χ2v) is 14.4. The lowest BCUT2D eigenvalue weighted by atomic mass is 10.1. The molecule has 0 aliphatic carbocycles. The van der Waals surface area contributed by atoms with Gasteiger partial charge in [-0.3, -0.25) is 4.57 Å². The monoisotopic (exact) mass is 745 g/mol. The van der Waals surface area contributed by atoms with Crippen LogP contribution < -0.4 is 9.47 Å². The van der Waals surface area contributed by atoms with E-state index in [-0.39, 0.29) is 0 Å². The van der Waals surface area contributed by atoms with Gasteiger partial charge in [0.2, 0.25) is 5.95 Å². The van der Waals surface area contributed by atoms with Crippen molar-refractivity contribution in [3.63, 3.8) is 0 Å². The van der Waals surface area contributed by atoms with Crippen LogP contribution in [-0.2, 0) is 0 Å². The number of fused-ring (bicyclic) bond motifs is 10. The Labute approximate surface area is 332 Å². The van der Waals surface area contributed by atoms with E-state index in [9.17, 15) is 0 Å². The maximum atomic E-state index is 6.97. The van der Waals surface area contributed by atoms with Gasteiger partial charge in [0.25, 0.3) is 0 Å². The molecule has 0 saturated carbocycles. The van der Waals surface area contributed by atoms with Crippen LogP contribution in [0.2, 0.25) is 0 Å². The third-order valence-electron chi connectivity index (χ3n) is 11.1. The SMILES string of the molecule is c1ccc(-c2ccc(-n3c4ccccc4c4c5c(ccc43)Oc3c(ccc4c3c3ccccc3n4-c3nc(-c4ccccc4)nc(-c4ccccc4)n3)O5)cc2)cc1. The lowest BCUT2D eigenvalue weighted by Crippen LogP contribution is -2.06. The van der Waals surface area contributed by atoms with Crippen LogP contribution in [0.5, 0.6) is 23.0 Å². The summed E-state index contributed by atoms with van der Waals surface area (Å²) in [6.07, 6.45) is 0. The first kappa shape index (κ1) is 32.2. The zero-order valence-corrected chi connectivity index (χ0v) is 31.0. The molecule has 11 aromatic rings. The van der Waals surface area contributed by atoms with Crippen LogP contribution in [0, 0.1) is 0 Å². The van der Waals surface area contributed by atoms with Crippen molar-refractivity contribution in [2.75, 3.05) is 0 Å². The number of ether oxygens (including phenoxy) is 2. The lowest BCUT2D eigenvalue weighted by Gasteiger charge is -2.22. The molecule has 0 bridgehead atoms. The predicted molar refractivity (Wildman–Crippen MR) is 231 cm³/mol. The van der Waals surface area contributed by atoms with Crippen molar-refractivity contribution in [1.29, 1.82) is 0 Å². The van der Waals surface area contributed by atoms with Crippen LogP contribution in [0.25, 0.3) is 89.2 Å². The minimum atomic E-state index is 0.516. The average molecular weight is 746 g/mol. The van der Waals surface area contributed by atoms with Crippen molar-refractivity contribution >= 4 is 43.6 Å². The largest absolute Gasteiger partial charge is 0.449 e. The molecule has 0 unspecified atom stereocenters. The van der Waals surface area contributed by atoms with E-state index in [1.165, 1.54) is 11.1 Å². The van der Waals surface area contributed by atoms with Gasteiger partial charge in [0.05, 0.1) is 32.8 Å². The molecule has 0 radical (unpaired) electrons. The summed E-state index contributed by atoms with van der Waals surface area (Å²) in [5.74, 6) is 4.35. The standard InChI is InChI=1S/C51H31N5O2/c1-4-14-32(15-5-1)33-24-26-36(27-25-33)55-39-22-12-10-20-37(39)45-41(55)28-30-43-47(45)57-44-31-29-42-46(48(44)58-43)38-21-11-13-23-40(38)56(42)51-53-49(34-16-6-2-7-17-34)52-50(54-51)35-18-8-3-9-19-35/h1-31H. The van der Waals surface area contributed by atoms with E-state index in [1.54, 1.807) is 0 Å². The van der Waals surface area contributed by atoms with Gasteiger partial charge in [0, 0.05) is 27.6 Å². The van der Waals surface area contributed by atoms with Gasteiger partial charge in [0.1, 0.15) is 0 Å². The molecule has 7 nitrogen and oxygen atoms in total. The highest BCUT2D eigenvalue weighted by Crippen LogP contribution is 2.54. The predicted octanol–water partition coefficient (Wildman–Crippen LogP) is 13.0. The maximum absolute atomic E-state index is 6.97. The Kier molecular flexibility index (Phi) is 7.09. The number of hydrogen-bond acceptors (Lipinski definition) is 5. The Hall–Kier alpha value is -8.03. The zero-order valence-electron chi connectivity index (χ0n) is 31.0. The van der Waals surface area contributed by atoms with E-state index in [0.717, 1.165) is 60.4 Å². The van der Waals surface area contributed by atoms with Gasteiger partial charge in [-0.1, -0.05) is 140 Å². The number of nitrogens with zero attached hydrogens (tertiary/aromatic N) is 5. The first-order valence-electron chi connectivity index (χ1n) is 19.3. The minimum Gasteiger partial charge on any atom is -0.449 e. The van der Waals surface area contributed by atoms with E-state index >= 15 is 0 Å². The molecule has 0 spiro atoms. The second kappa shape index (κ2) is 12.8. The van der Waals surface area contributed by atoms with E-state index in [4.69, 9.17) is 24.4 Å². The summed E-state index contributed by atoms with van der Waals surface area (Å²) in [6.45, 7) is 0. The molecule has 0 fully saturated rings. The number of benzene rings is 8. The molecular weight excluding hydrogens is 715 g/mol. The number of hydrogen-bond donors (Lipinski definition) is 0. The third-order valence-corrected chi connectivity index (χ3v) is 11.1. The summed E-state index contributed by atoms with van der Waals surface area (Å²) in [7, 11) is 0. The molecule has 0 amide bonds. The van der Waals surface area contributed by atoms with E-state index in [2.05, 4.69) is 106 Å². The molecule has 272 valence electrons. The quantitative estimate of drug-likeness (QED) is 0.175. The molecule has 12 rings (SSSR count). The van der Waals surface area contributed by atoms with Gasteiger partial charge in [-0.2, -0.15) is 9.97 Å². The highest BCUT2D eigenvalue weighted by Gasteiger charge is 2.29. The molecule has 1 aliphatic heterocycles. The fraction of sp³-hybridized carbons (Fsp3) is 0. The third kappa shape index (κ3) is 4.97. The first-order valence-corrected chi connectivity index (χ1v) is 19.3. The van der Waals surface area contributed by atoms with Crippen LogP contribution in [0.15, 0.2) is 188 Å². The van der Waals surface area contributed by atoms with Crippen molar-refractivity contribution in [1.82, 2.24) is 24.1 Å². The van der Waals surface area contributed by atoms with Crippen LogP contribution in [-0.4, -0.2) is 24.1 Å². The second-order valence-electron chi connectivity index (χ2n) is 14.4. The van der Waals surface area contributed by atoms with Gasteiger partial charge < -0.3 is 14.0 Å². The normalized spacial score (nSPS) is 12.1. The summed E-state index contributed by atoms with van der Waals surface area (Å²) in [4.78, 5) is 15.1. The molecule has 3 aromatic heterocycles. The lowest BCUT2D eigenvalue weighted by molar-refractivity contribution is 0.367. The average Bonchev–Trinajstić information content (AvgIpc) is 3.83. The smallest absolute Gasteiger partial charge is 0.238 e. The number of rotatable bonds is 5. The highest BCUT2D eigenvalue weighted by molar-refractivity contribution is 6.15. The first-order chi connectivity index (χ1) is 28.8. The van der Waals surface area contributed by atoms with Crippen molar-refractivity contribution in [2.24, 2.45) is 0 Å². The summed E-state index contributed by atoms with van der Waals surface area (Å²) in [5, 5.41) is 4.01. The van der Waals surface area contributed by atoms with Gasteiger partial charge in [-0.15, -0.1) is 0 Å². The fourth-order valence-electron chi connectivity index (χ4n) is 8.43. The fourth-order valence-corrected chi connectivity index (χ4v) is 8.43. The van der Waals surface area contributed by atoms with Gasteiger partial charge in [0.15, 0.2) is 34.6 Å². The maximum Gasteiger partial charge on any atom is 0.238 e. The van der Waals surface area contributed by atoms with Crippen molar-refractivity contribution in [3.05, 3.63) is 188 Å². The Morgan fingerprint density at radius 1 is 0.328 bits per heavy atom. The Balaban J connectivity index is 1.02. The highest BCUT2D eigenvalue weighted by atomic mass is 16.6. The topological polar surface area (TPSA) is 67.0 Å². The van der Waals surface area contributed by atoms with Crippen molar-refractivity contribution < 1.29 is 9.47 Å². The molecule has 0 saturated heterocycles. The Bertz CT molecular complexity index is 3320. The molecular formula is C51H31N5O2. The van der Waals surface area contributed by atoms with Crippen LogP contribution in [0.1, 0.15) is 0 Å². The van der Waals surface area contributed by atoms with Crippen molar-refractivity contribution in [2.45, 2.75) is 0 Å². The number of aromatic nitrogens is 5. The summed E-state index contributed by atoms with van der Waals surface area (Å²) < 4.78 is 18.3. The number of para-hydroxylation sites is 2. The van der Waals surface area contributed by atoms with E-state index in [0.29, 0.717) is 40.6 Å². The van der Waals surface area contributed by atoms with Crippen LogP contribution in [0.3, 0.4) is 0 Å². The Morgan fingerprint density at radius 2 is 0.759 bits per heavy atom. The van der Waals surface area contributed by atoms with Gasteiger partial charge in [-0.05, 0) is 59.7 Å². The molecule has 4 heterocycles. The van der Waals surface area contributed by atoms with Gasteiger partial charge in [-0.25, -0.2) is 4.98 Å².